The number of aromatic nitrogens is 3. The zero-order chi connectivity index (χ0) is 13.3. The van der Waals surface area contributed by atoms with E-state index in [1.54, 1.807) is 11.3 Å². The molecule has 0 unspecified atom stereocenters. The Bertz CT molecular complexity index is 584. The molecule has 5 heteroatoms. The molecule has 0 bridgehead atoms. The molecular weight excluding hydrogens is 262 g/mol. The molecule has 0 aliphatic heterocycles. The number of nitrogens with one attached hydrogen (secondary N) is 1. The summed E-state index contributed by atoms with van der Waals surface area (Å²) in [5.74, 6) is 0. The minimum atomic E-state index is 0.104. The molecule has 0 spiro atoms. The predicted molar refractivity (Wildman–Crippen MR) is 78.9 cm³/mol. The smallest absolute Gasteiger partial charge is 0.177 e. The van der Waals surface area contributed by atoms with Crippen LogP contribution in [-0.4, -0.2) is 14.5 Å². The van der Waals surface area contributed by atoms with E-state index >= 15 is 0 Å². The Morgan fingerprint density at radius 3 is 2.72 bits per heavy atom. The Morgan fingerprint density at radius 1 is 1.44 bits per heavy atom. The van der Waals surface area contributed by atoms with Gasteiger partial charge < -0.3 is 9.55 Å². The normalized spacial score (nSPS) is 12.0. The Balaban J connectivity index is 2.19. The Kier molecular flexibility index (Phi) is 3.73. The number of rotatable bonds is 3. The highest BCUT2D eigenvalue weighted by Crippen LogP contribution is 2.22. The van der Waals surface area contributed by atoms with Gasteiger partial charge >= 0.3 is 0 Å². The van der Waals surface area contributed by atoms with E-state index < -0.39 is 0 Å². The number of nitrogens with zero attached hydrogens (tertiary/aromatic N) is 2. The fraction of sp³-hybridized carbons (Fsp3) is 0.538. The van der Waals surface area contributed by atoms with E-state index in [1.807, 2.05) is 13.1 Å². The highest BCUT2D eigenvalue weighted by Gasteiger charge is 2.19. The zero-order valence-electron chi connectivity index (χ0n) is 11.3. The summed E-state index contributed by atoms with van der Waals surface area (Å²) >= 11 is 7.07. The highest BCUT2D eigenvalue weighted by molar-refractivity contribution is 7.71. The van der Waals surface area contributed by atoms with Gasteiger partial charge in [0.05, 0.1) is 5.01 Å². The molecule has 0 saturated carbocycles. The van der Waals surface area contributed by atoms with Gasteiger partial charge in [0.1, 0.15) is 0 Å². The summed E-state index contributed by atoms with van der Waals surface area (Å²) in [5.41, 5.74) is 2.45. The Labute approximate surface area is 117 Å². The van der Waals surface area contributed by atoms with E-state index in [9.17, 15) is 0 Å². The molecule has 0 atom stereocenters. The third kappa shape index (κ3) is 2.90. The minimum absolute atomic E-state index is 0.104. The second-order valence-corrected chi connectivity index (χ2v) is 6.84. The summed E-state index contributed by atoms with van der Waals surface area (Å²) < 4.78 is 2.99. The van der Waals surface area contributed by atoms with Crippen molar-refractivity contribution in [2.75, 3.05) is 0 Å². The summed E-state index contributed by atoms with van der Waals surface area (Å²) in [6.45, 7) is 9.53. The minimum Gasteiger partial charge on any atom is -0.337 e. The average Bonchev–Trinajstić information content (AvgIpc) is 2.81. The highest BCUT2D eigenvalue weighted by atomic mass is 32.1. The Hall–Kier alpha value is -0.940. The lowest BCUT2D eigenvalue weighted by Gasteiger charge is -2.20. The lowest BCUT2D eigenvalue weighted by molar-refractivity contribution is 0.513. The van der Waals surface area contributed by atoms with Crippen LogP contribution in [-0.2, 0) is 18.4 Å². The number of aryl methyl sites for hydroxylation is 2. The molecule has 2 rings (SSSR count). The first-order valence-corrected chi connectivity index (χ1v) is 7.36. The average molecular weight is 281 g/mol. The maximum Gasteiger partial charge on any atom is 0.177 e. The van der Waals surface area contributed by atoms with Crippen LogP contribution >= 0.6 is 23.6 Å². The summed E-state index contributed by atoms with van der Waals surface area (Å²) in [4.78, 5) is 7.64. The maximum atomic E-state index is 5.35. The number of thiazole rings is 1. The quantitative estimate of drug-likeness (QED) is 0.867. The maximum absolute atomic E-state index is 5.35. The lowest BCUT2D eigenvalue weighted by Crippen LogP contribution is -2.18. The fourth-order valence-corrected chi connectivity index (χ4v) is 2.98. The number of hydrogen-bond donors (Lipinski definition) is 1. The summed E-state index contributed by atoms with van der Waals surface area (Å²) in [6, 6.07) is 0. The molecule has 0 aliphatic carbocycles. The van der Waals surface area contributed by atoms with E-state index in [0.29, 0.717) is 0 Å². The van der Waals surface area contributed by atoms with Gasteiger partial charge in [-0.15, -0.1) is 11.3 Å². The topological polar surface area (TPSA) is 33.6 Å². The third-order valence-corrected chi connectivity index (χ3v) is 4.22. The van der Waals surface area contributed by atoms with Crippen molar-refractivity contribution in [1.82, 2.24) is 14.5 Å². The van der Waals surface area contributed by atoms with Crippen molar-refractivity contribution in [1.29, 1.82) is 0 Å². The molecule has 2 aromatic heterocycles. The van der Waals surface area contributed by atoms with Crippen LogP contribution in [0.2, 0.25) is 0 Å². The molecule has 0 saturated heterocycles. The summed E-state index contributed by atoms with van der Waals surface area (Å²) in [7, 11) is 0. The van der Waals surface area contributed by atoms with Crippen LogP contribution in [0.5, 0.6) is 0 Å². The van der Waals surface area contributed by atoms with Gasteiger partial charge in [-0.25, -0.2) is 4.98 Å². The van der Waals surface area contributed by atoms with Gasteiger partial charge in [-0.1, -0.05) is 20.8 Å². The van der Waals surface area contributed by atoms with Gasteiger partial charge in [0.25, 0.3) is 0 Å². The lowest BCUT2D eigenvalue weighted by atomic mass is 9.92. The second kappa shape index (κ2) is 4.97. The van der Waals surface area contributed by atoms with Crippen LogP contribution in [0.25, 0.3) is 0 Å². The zero-order valence-corrected chi connectivity index (χ0v) is 12.9. The van der Waals surface area contributed by atoms with Crippen molar-refractivity contribution in [3.05, 3.63) is 32.7 Å². The molecule has 0 fully saturated rings. The number of aromatic amines is 1. The van der Waals surface area contributed by atoms with E-state index in [0.717, 1.165) is 23.4 Å². The van der Waals surface area contributed by atoms with Crippen LogP contribution in [0.15, 0.2) is 11.6 Å². The summed E-state index contributed by atoms with van der Waals surface area (Å²) in [6.07, 6.45) is 2.96. The summed E-state index contributed by atoms with van der Waals surface area (Å²) in [5, 5.41) is 3.27. The first-order chi connectivity index (χ1) is 8.38. The van der Waals surface area contributed by atoms with Crippen LogP contribution in [0, 0.1) is 11.7 Å². The van der Waals surface area contributed by atoms with Crippen LogP contribution < -0.4 is 0 Å². The van der Waals surface area contributed by atoms with Crippen molar-refractivity contribution in [3.8, 4) is 0 Å². The molecule has 1 N–H and O–H groups in total. The van der Waals surface area contributed by atoms with Crippen molar-refractivity contribution in [2.24, 2.45) is 0 Å². The molecular formula is C13H19N3S2. The number of H-pyrrole nitrogens is 1. The van der Waals surface area contributed by atoms with Crippen LogP contribution in [0.4, 0.5) is 0 Å². The van der Waals surface area contributed by atoms with Gasteiger partial charge in [-0.2, -0.15) is 0 Å². The number of hydrogen-bond acceptors (Lipinski definition) is 3. The van der Waals surface area contributed by atoms with Crippen molar-refractivity contribution in [3.63, 3.8) is 0 Å². The first kappa shape index (κ1) is 13.5. The van der Waals surface area contributed by atoms with Crippen LogP contribution in [0.3, 0.4) is 0 Å². The largest absolute Gasteiger partial charge is 0.337 e. The van der Waals surface area contributed by atoms with E-state index in [2.05, 4.69) is 40.7 Å². The third-order valence-electron chi connectivity index (χ3n) is 2.85. The fourth-order valence-electron chi connectivity index (χ4n) is 1.96. The van der Waals surface area contributed by atoms with Gasteiger partial charge in [0.2, 0.25) is 0 Å². The second-order valence-electron chi connectivity index (χ2n) is 5.51. The Morgan fingerprint density at radius 2 is 2.17 bits per heavy atom. The molecule has 3 nitrogen and oxygen atoms in total. The van der Waals surface area contributed by atoms with Gasteiger partial charge in [0.15, 0.2) is 4.77 Å². The number of imidazole rings is 1. The molecule has 18 heavy (non-hydrogen) atoms. The molecule has 98 valence electrons. The first-order valence-electron chi connectivity index (χ1n) is 6.07. The molecule has 0 amide bonds. The van der Waals surface area contributed by atoms with Gasteiger partial charge in [-0.3, -0.25) is 0 Å². The molecule has 0 radical (unpaired) electrons. The van der Waals surface area contributed by atoms with E-state index in [-0.39, 0.29) is 5.41 Å². The SMILES string of the molecule is Cc1csc(CCn2c(C(C)(C)C)c[nH]c2=S)n1. The van der Waals surface area contributed by atoms with Gasteiger partial charge in [0, 0.05) is 41.3 Å². The van der Waals surface area contributed by atoms with Crippen LogP contribution in [0.1, 0.15) is 37.2 Å². The molecule has 0 aliphatic rings. The monoisotopic (exact) mass is 281 g/mol. The van der Waals surface area contributed by atoms with Crippen molar-refractivity contribution >= 4 is 23.6 Å². The van der Waals surface area contributed by atoms with Crippen molar-refractivity contribution < 1.29 is 0 Å². The van der Waals surface area contributed by atoms with Crippen molar-refractivity contribution in [2.45, 2.75) is 46.1 Å². The molecule has 2 aromatic rings. The molecule has 0 aromatic carbocycles. The molecule has 2 heterocycles. The van der Waals surface area contributed by atoms with Gasteiger partial charge in [-0.05, 0) is 19.1 Å². The standard InChI is InChI=1S/C13H19N3S2/c1-9-8-18-11(15-9)5-6-16-10(13(2,3)4)7-14-12(16)17/h7-8H,5-6H2,1-4H3,(H,14,17). The predicted octanol–water partition coefficient (Wildman–Crippen LogP) is 3.85. The van der Waals surface area contributed by atoms with E-state index in [1.165, 1.54) is 10.7 Å². The van der Waals surface area contributed by atoms with E-state index in [4.69, 9.17) is 12.2 Å².